The van der Waals surface area contributed by atoms with Gasteiger partial charge in [0.2, 0.25) is 0 Å². The zero-order valence-corrected chi connectivity index (χ0v) is 16.9. The Balaban J connectivity index is 1.51. The van der Waals surface area contributed by atoms with E-state index in [4.69, 9.17) is 4.74 Å². The fraction of sp³-hybridized carbons (Fsp3) is 0.0435. The van der Waals surface area contributed by atoms with Crippen LogP contribution in [0.5, 0.6) is 11.5 Å². The van der Waals surface area contributed by atoms with Crippen molar-refractivity contribution >= 4 is 34.3 Å². The number of carbonyl (C=O) groups is 2. The summed E-state index contributed by atoms with van der Waals surface area (Å²) in [6.07, 6.45) is 1.49. The molecule has 0 fully saturated rings. The number of urea groups is 1. The van der Waals surface area contributed by atoms with Gasteiger partial charge >= 0.3 is 6.03 Å². The predicted molar refractivity (Wildman–Crippen MR) is 118 cm³/mol. The van der Waals surface area contributed by atoms with Gasteiger partial charge in [-0.1, -0.05) is 6.07 Å². The summed E-state index contributed by atoms with van der Waals surface area (Å²) < 4.78 is 18.9. The number of benzene rings is 2. The van der Waals surface area contributed by atoms with Crippen molar-refractivity contribution in [2.45, 2.75) is 0 Å². The smallest absolute Gasteiger partial charge is 0.324 e. The van der Waals surface area contributed by atoms with Crippen LogP contribution in [0.4, 0.5) is 20.7 Å². The summed E-state index contributed by atoms with van der Waals surface area (Å²) in [5.41, 5.74) is 1.29. The first kappa shape index (κ1) is 20.7. The van der Waals surface area contributed by atoms with Crippen LogP contribution in [-0.2, 0) is 0 Å². The van der Waals surface area contributed by atoms with Crippen molar-refractivity contribution < 1.29 is 18.7 Å². The summed E-state index contributed by atoms with van der Waals surface area (Å²) >= 11 is 0. The van der Waals surface area contributed by atoms with Gasteiger partial charge in [0.15, 0.2) is 0 Å². The lowest BCUT2D eigenvalue weighted by molar-refractivity contribution is 0.0958. The number of hydrogen-bond acceptors (Lipinski definition) is 5. The molecule has 2 aromatic heterocycles. The van der Waals surface area contributed by atoms with Gasteiger partial charge < -0.3 is 15.4 Å². The van der Waals surface area contributed by atoms with Gasteiger partial charge in [-0.3, -0.25) is 15.1 Å². The zero-order chi connectivity index (χ0) is 22.5. The first-order valence-corrected chi connectivity index (χ1v) is 9.61. The Hall–Kier alpha value is -4.53. The fourth-order valence-corrected chi connectivity index (χ4v) is 2.95. The first-order valence-electron chi connectivity index (χ1n) is 9.61. The number of ether oxygens (including phenoxy) is 1. The van der Waals surface area contributed by atoms with Crippen LogP contribution in [0.2, 0.25) is 0 Å². The van der Waals surface area contributed by atoms with Crippen molar-refractivity contribution in [3.8, 4) is 11.5 Å². The maximum absolute atomic E-state index is 13.0. The van der Waals surface area contributed by atoms with Gasteiger partial charge in [0.05, 0.1) is 5.52 Å². The van der Waals surface area contributed by atoms with E-state index >= 15 is 0 Å². The van der Waals surface area contributed by atoms with Gasteiger partial charge in [-0.25, -0.2) is 14.2 Å². The zero-order valence-electron chi connectivity index (χ0n) is 16.9. The molecule has 0 radical (unpaired) electrons. The molecule has 0 saturated carbocycles. The third kappa shape index (κ3) is 4.78. The molecule has 0 saturated heterocycles. The van der Waals surface area contributed by atoms with Crippen molar-refractivity contribution in [1.29, 1.82) is 0 Å². The van der Waals surface area contributed by atoms with E-state index in [2.05, 4.69) is 25.9 Å². The standard InChI is InChI=1S/C23H18FN5O3/c1-25-22(30)19-13-16(11-12-26-19)32-20-4-2-3-18-17(20)9-10-21(28-18)29-23(31)27-15-7-5-14(24)6-8-15/h2-13H,1H3,(H,25,30)(H2,27,28,29,31). The summed E-state index contributed by atoms with van der Waals surface area (Å²) in [5.74, 6) is 0.616. The Labute approximate surface area is 182 Å². The molecule has 0 aliphatic carbocycles. The van der Waals surface area contributed by atoms with Crippen LogP contribution in [0.3, 0.4) is 0 Å². The van der Waals surface area contributed by atoms with E-state index in [9.17, 15) is 14.0 Å². The minimum Gasteiger partial charge on any atom is -0.457 e. The number of pyridine rings is 2. The number of rotatable bonds is 5. The van der Waals surface area contributed by atoms with Crippen LogP contribution >= 0.6 is 0 Å². The monoisotopic (exact) mass is 431 g/mol. The SMILES string of the molecule is CNC(=O)c1cc(Oc2cccc3nc(NC(=O)Nc4ccc(F)cc4)ccc23)ccn1. The van der Waals surface area contributed by atoms with Crippen molar-refractivity contribution in [3.63, 3.8) is 0 Å². The lowest BCUT2D eigenvalue weighted by atomic mass is 10.2. The van der Waals surface area contributed by atoms with E-state index in [1.807, 2.05) is 0 Å². The van der Waals surface area contributed by atoms with Gasteiger partial charge in [0.1, 0.15) is 28.8 Å². The number of carbonyl (C=O) groups excluding carboxylic acids is 2. The molecule has 0 aliphatic heterocycles. The van der Waals surface area contributed by atoms with Gasteiger partial charge in [0.25, 0.3) is 5.91 Å². The molecule has 0 aliphatic rings. The molecule has 0 unspecified atom stereocenters. The molecule has 4 rings (SSSR count). The lowest BCUT2D eigenvalue weighted by Crippen LogP contribution is -2.20. The Bertz CT molecular complexity index is 1290. The second kappa shape index (κ2) is 9.09. The highest BCUT2D eigenvalue weighted by Gasteiger charge is 2.10. The Morgan fingerprint density at radius 1 is 0.969 bits per heavy atom. The van der Waals surface area contributed by atoms with Crippen LogP contribution in [0.1, 0.15) is 10.5 Å². The maximum atomic E-state index is 13.0. The molecular formula is C23H18FN5O3. The Morgan fingerprint density at radius 2 is 1.78 bits per heavy atom. The molecule has 32 heavy (non-hydrogen) atoms. The van der Waals surface area contributed by atoms with E-state index in [0.717, 1.165) is 5.39 Å². The number of halogens is 1. The van der Waals surface area contributed by atoms with Crippen LogP contribution in [0.15, 0.2) is 72.9 Å². The number of aromatic nitrogens is 2. The molecule has 2 aromatic carbocycles. The molecule has 3 amide bonds. The van der Waals surface area contributed by atoms with E-state index in [1.54, 1.807) is 42.5 Å². The number of anilines is 2. The largest absolute Gasteiger partial charge is 0.457 e. The molecular weight excluding hydrogens is 413 g/mol. The average molecular weight is 431 g/mol. The van der Waals surface area contributed by atoms with E-state index in [-0.39, 0.29) is 17.4 Å². The molecule has 8 nitrogen and oxygen atoms in total. The average Bonchev–Trinajstić information content (AvgIpc) is 2.80. The third-order valence-electron chi connectivity index (χ3n) is 4.45. The highest BCUT2D eigenvalue weighted by molar-refractivity contribution is 6.00. The molecule has 0 spiro atoms. The first-order chi connectivity index (χ1) is 15.5. The number of fused-ring (bicyclic) bond motifs is 1. The molecule has 3 N–H and O–H groups in total. The molecule has 2 heterocycles. The van der Waals surface area contributed by atoms with Crippen LogP contribution in [-0.4, -0.2) is 29.0 Å². The van der Waals surface area contributed by atoms with Gasteiger partial charge in [-0.15, -0.1) is 0 Å². The fourth-order valence-electron chi connectivity index (χ4n) is 2.95. The normalized spacial score (nSPS) is 10.4. The van der Waals surface area contributed by atoms with Crippen molar-refractivity contribution in [2.75, 3.05) is 17.7 Å². The Morgan fingerprint density at radius 3 is 2.56 bits per heavy atom. The third-order valence-corrected chi connectivity index (χ3v) is 4.45. The summed E-state index contributed by atoms with van der Waals surface area (Å²) in [5, 5.41) is 8.49. The highest BCUT2D eigenvalue weighted by Crippen LogP contribution is 2.30. The molecule has 160 valence electrons. The summed E-state index contributed by atoms with van der Waals surface area (Å²) in [7, 11) is 1.53. The van der Waals surface area contributed by atoms with Gasteiger partial charge in [0, 0.05) is 30.4 Å². The summed E-state index contributed by atoms with van der Waals surface area (Å²) in [4.78, 5) is 32.5. The van der Waals surface area contributed by atoms with Crippen molar-refractivity contribution in [1.82, 2.24) is 15.3 Å². The molecule has 0 bridgehead atoms. The topological polar surface area (TPSA) is 105 Å². The molecule has 9 heteroatoms. The molecule has 4 aromatic rings. The van der Waals surface area contributed by atoms with Crippen molar-refractivity contribution in [2.24, 2.45) is 0 Å². The number of nitrogens with one attached hydrogen (secondary N) is 3. The van der Waals surface area contributed by atoms with Crippen LogP contribution < -0.4 is 20.7 Å². The Kier molecular flexibility index (Phi) is 5.89. The second-order valence-corrected chi connectivity index (χ2v) is 6.66. The maximum Gasteiger partial charge on any atom is 0.324 e. The van der Waals surface area contributed by atoms with Crippen LogP contribution in [0, 0.1) is 5.82 Å². The summed E-state index contributed by atoms with van der Waals surface area (Å²) in [6, 6.07) is 16.9. The minimum atomic E-state index is -0.505. The number of amides is 3. The van der Waals surface area contributed by atoms with E-state index in [0.29, 0.717) is 28.5 Å². The van der Waals surface area contributed by atoms with E-state index < -0.39 is 6.03 Å². The second-order valence-electron chi connectivity index (χ2n) is 6.66. The van der Waals surface area contributed by atoms with E-state index in [1.165, 1.54) is 37.5 Å². The van der Waals surface area contributed by atoms with Gasteiger partial charge in [-0.2, -0.15) is 0 Å². The lowest BCUT2D eigenvalue weighted by Gasteiger charge is -2.11. The highest BCUT2D eigenvalue weighted by atomic mass is 19.1. The predicted octanol–water partition coefficient (Wildman–Crippen LogP) is 4.56. The molecule has 0 atom stereocenters. The quantitative estimate of drug-likeness (QED) is 0.429. The number of nitrogens with zero attached hydrogens (tertiary/aromatic N) is 2. The van der Waals surface area contributed by atoms with Gasteiger partial charge in [-0.05, 0) is 54.6 Å². The summed E-state index contributed by atoms with van der Waals surface area (Å²) in [6.45, 7) is 0. The van der Waals surface area contributed by atoms with Crippen molar-refractivity contribution in [3.05, 3.63) is 84.4 Å². The number of hydrogen-bond donors (Lipinski definition) is 3. The van der Waals surface area contributed by atoms with Crippen LogP contribution in [0.25, 0.3) is 10.9 Å². The minimum absolute atomic E-state index is 0.238.